The molecule has 0 aliphatic carbocycles. The number of benzene rings is 1. The molecule has 2 aromatic rings. The Morgan fingerprint density at radius 3 is 1.80 bits per heavy atom. The van der Waals surface area contributed by atoms with Crippen molar-refractivity contribution in [1.29, 1.82) is 0 Å². The molecule has 1 fully saturated rings. The minimum atomic E-state index is -1.26. The number of aromatic hydroxyl groups is 1. The Morgan fingerprint density at radius 2 is 1.36 bits per heavy atom. The number of phenolic OH excluding ortho intramolecular Hbond substituents is 1. The molecule has 1 N–H and O–H groups in total. The molecule has 3 rings (SSSR count). The molecule has 1 aliphatic rings. The van der Waals surface area contributed by atoms with Crippen LogP contribution in [0.1, 0.15) is 96.1 Å². The van der Waals surface area contributed by atoms with Crippen molar-refractivity contribution in [2.24, 2.45) is 0 Å². The van der Waals surface area contributed by atoms with Gasteiger partial charge in [0.05, 0.1) is 5.25 Å². The molecule has 6 atom stereocenters. The Balaban J connectivity index is 2.22. The summed E-state index contributed by atoms with van der Waals surface area (Å²) in [7, 11) is 0. The zero-order valence-electron chi connectivity index (χ0n) is 27.5. The lowest BCUT2D eigenvalue weighted by Gasteiger charge is -2.45. The lowest BCUT2D eigenvalue weighted by Crippen LogP contribution is -2.61. The summed E-state index contributed by atoms with van der Waals surface area (Å²) in [4.78, 5) is 49.6. The van der Waals surface area contributed by atoms with E-state index in [4.69, 9.17) is 23.7 Å². The summed E-state index contributed by atoms with van der Waals surface area (Å²) in [5.41, 5.74) is 0.672. The fraction of sp³-hybridized carbons (Fsp3) is 0.576. The van der Waals surface area contributed by atoms with E-state index in [9.17, 15) is 24.3 Å². The maximum absolute atomic E-state index is 12.4. The van der Waals surface area contributed by atoms with Crippen molar-refractivity contribution in [1.82, 2.24) is 0 Å². The van der Waals surface area contributed by atoms with Gasteiger partial charge in [0.1, 0.15) is 23.9 Å². The average Bonchev–Trinajstić information content (AvgIpc) is 3.42. The number of carbonyl (C=O) groups is 4. The summed E-state index contributed by atoms with van der Waals surface area (Å²) in [6.45, 7) is 16.7. The number of hydrogen-bond donors (Lipinski definition) is 1. The maximum atomic E-state index is 12.4. The fourth-order valence-electron chi connectivity index (χ4n) is 5.13. The quantitative estimate of drug-likeness (QED) is 0.252. The second-order valence-corrected chi connectivity index (χ2v) is 15.3. The molecule has 45 heavy (non-hydrogen) atoms. The molecule has 1 aliphatic heterocycles. The highest BCUT2D eigenvalue weighted by atomic mass is 32.2. The Hall–Kier alpha value is -3.09. The summed E-state index contributed by atoms with van der Waals surface area (Å²) >= 11 is 2.84. The molecule has 0 saturated carbocycles. The predicted octanol–water partition coefficient (Wildman–Crippen LogP) is 5.95. The molecule has 12 heteroatoms. The van der Waals surface area contributed by atoms with Crippen LogP contribution in [0.4, 0.5) is 0 Å². The van der Waals surface area contributed by atoms with E-state index in [-0.39, 0.29) is 23.2 Å². The molecular formula is C33H44O10S2. The molecule has 0 spiro atoms. The Bertz CT molecular complexity index is 1340. The first-order valence-electron chi connectivity index (χ1n) is 14.7. The normalized spacial score (nSPS) is 22.7. The second-order valence-electron chi connectivity index (χ2n) is 13.1. The summed E-state index contributed by atoms with van der Waals surface area (Å²) in [5, 5.41) is 13.0. The predicted molar refractivity (Wildman–Crippen MR) is 171 cm³/mol. The van der Waals surface area contributed by atoms with Crippen LogP contribution in [0.25, 0.3) is 0 Å². The van der Waals surface area contributed by atoms with Crippen LogP contribution in [0.15, 0.2) is 29.6 Å². The van der Waals surface area contributed by atoms with Gasteiger partial charge in [-0.1, -0.05) is 59.7 Å². The molecule has 0 bridgehead atoms. The Kier molecular flexibility index (Phi) is 11.8. The lowest BCUT2D eigenvalue weighted by atomic mass is 9.78. The van der Waals surface area contributed by atoms with Gasteiger partial charge >= 0.3 is 23.9 Å². The van der Waals surface area contributed by atoms with Crippen LogP contribution >= 0.6 is 23.1 Å². The van der Waals surface area contributed by atoms with Crippen LogP contribution in [0.2, 0.25) is 0 Å². The van der Waals surface area contributed by atoms with E-state index >= 15 is 0 Å². The van der Waals surface area contributed by atoms with Crippen molar-refractivity contribution < 1.29 is 48.0 Å². The van der Waals surface area contributed by atoms with Gasteiger partial charge in [-0.2, -0.15) is 0 Å². The highest BCUT2D eigenvalue weighted by Gasteiger charge is 2.53. The summed E-state index contributed by atoms with van der Waals surface area (Å²) in [6.07, 6.45) is -4.74. The van der Waals surface area contributed by atoms with Crippen molar-refractivity contribution in [2.45, 2.75) is 115 Å². The topological polar surface area (TPSA) is 135 Å². The molecule has 2 heterocycles. The van der Waals surface area contributed by atoms with Crippen LogP contribution in [0.3, 0.4) is 0 Å². The Morgan fingerprint density at radius 1 is 0.844 bits per heavy atom. The van der Waals surface area contributed by atoms with Gasteiger partial charge in [0.25, 0.3) is 0 Å². The highest BCUT2D eigenvalue weighted by Crippen LogP contribution is 2.49. The number of hydrogen-bond acceptors (Lipinski definition) is 12. The maximum Gasteiger partial charge on any atom is 0.303 e. The first kappa shape index (κ1) is 36.4. The van der Waals surface area contributed by atoms with E-state index in [0.29, 0.717) is 0 Å². The monoisotopic (exact) mass is 664 g/mol. The number of ether oxygens (including phenoxy) is 5. The molecule has 10 nitrogen and oxygen atoms in total. The summed E-state index contributed by atoms with van der Waals surface area (Å²) < 4.78 is 28.6. The third kappa shape index (κ3) is 9.46. The number of thiophene rings is 1. The summed E-state index contributed by atoms with van der Waals surface area (Å²) in [6, 6.07) is 7.87. The standard InChI is InChI=1S/C33H44O10S2/c1-17(34)39-16-24-27(40-18(2)35)28(41-19(3)36)29(42-20(4)37)31(43-24)45-30(25-12-11-13-44-25)21-14-22(32(5,6)7)26(38)23(15-21)33(8,9)10/h11-15,24,27-31,38H,16H2,1-10H3/t24?,27-,28?,29?,30+,31+/m1/s1. The van der Waals surface area contributed by atoms with E-state index < -0.39 is 59.0 Å². The molecule has 1 aromatic heterocycles. The molecular weight excluding hydrogens is 620 g/mol. The average molecular weight is 665 g/mol. The number of thioether (sulfide) groups is 1. The fourth-order valence-corrected chi connectivity index (χ4v) is 7.55. The van der Waals surface area contributed by atoms with Gasteiger partial charge in [0.2, 0.25) is 0 Å². The van der Waals surface area contributed by atoms with Crippen molar-refractivity contribution in [3.63, 3.8) is 0 Å². The Labute approximate surface area is 273 Å². The molecule has 0 amide bonds. The second kappa shape index (κ2) is 14.6. The SMILES string of the molecule is CC(=O)OCC1O[C@@H](S[C@@H](c2cc(C(C)(C)C)c(O)c(C(C)(C)C)c2)c2cccs2)C(OC(C)=O)C(OC(C)=O)[C@@H]1OC(C)=O. The largest absolute Gasteiger partial charge is 0.507 e. The third-order valence-corrected chi connectivity index (χ3v) is 9.60. The van der Waals surface area contributed by atoms with Crippen molar-refractivity contribution in [2.75, 3.05) is 6.61 Å². The van der Waals surface area contributed by atoms with Crippen molar-refractivity contribution >= 4 is 47.0 Å². The van der Waals surface area contributed by atoms with Crippen LogP contribution in [-0.4, -0.2) is 65.4 Å². The van der Waals surface area contributed by atoms with Crippen molar-refractivity contribution in [3.05, 3.63) is 51.2 Å². The van der Waals surface area contributed by atoms with Gasteiger partial charge < -0.3 is 28.8 Å². The van der Waals surface area contributed by atoms with Gasteiger partial charge in [-0.15, -0.1) is 23.1 Å². The first-order chi connectivity index (χ1) is 20.8. The number of carbonyl (C=O) groups excluding carboxylic acids is 4. The summed E-state index contributed by atoms with van der Waals surface area (Å²) in [5.74, 6) is -2.38. The van der Waals surface area contributed by atoms with Crippen LogP contribution in [0, 0.1) is 0 Å². The van der Waals surface area contributed by atoms with Gasteiger partial charge in [0, 0.05) is 32.6 Å². The van der Waals surface area contributed by atoms with E-state index in [0.717, 1.165) is 21.6 Å². The number of esters is 4. The number of phenols is 1. The minimum Gasteiger partial charge on any atom is -0.507 e. The molecule has 248 valence electrons. The number of rotatable bonds is 9. The molecule has 1 saturated heterocycles. The van der Waals surface area contributed by atoms with Gasteiger partial charge in [-0.3, -0.25) is 19.2 Å². The van der Waals surface area contributed by atoms with Crippen LogP contribution in [0.5, 0.6) is 5.75 Å². The van der Waals surface area contributed by atoms with Gasteiger partial charge in [-0.05, 0) is 39.0 Å². The zero-order chi connectivity index (χ0) is 33.9. The lowest BCUT2D eigenvalue weighted by molar-refractivity contribution is -0.237. The van der Waals surface area contributed by atoms with E-state index in [1.165, 1.54) is 50.8 Å². The van der Waals surface area contributed by atoms with Gasteiger partial charge in [-0.25, -0.2) is 0 Å². The first-order valence-corrected chi connectivity index (χ1v) is 16.5. The smallest absolute Gasteiger partial charge is 0.303 e. The molecule has 1 aromatic carbocycles. The van der Waals surface area contributed by atoms with Gasteiger partial charge in [0.15, 0.2) is 18.3 Å². The third-order valence-electron chi connectivity index (χ3n) is 7.07. The van der Waals surface area contributed by atoms with E-state index in [2.05, 4.69) is 0 Å². The molecule has 0 radical (unpaired) electrons. The van der Waals surface area contributed by atoms with Crippen LogP contribution in [-0.2, 0) is 53.7 Å². The molecule has 3 unspecified atom stereocenters. The van der Waals surface area contributed by atoms with E-state index in [1.807, 2.05) is 71.2 Å². The minimum absolute atomic E-state index is 0.237. The van der Waals surface area contributed by atoms with Crippen molar-refractivity contribution in [3.8, 4) is 5.75 Å². The zero-order valence-corrected chi connectivity index (χ0v) is 29.1. The van der Waals surface area contributed by atoms with Crippen LogP contribution < -0.4 is 0 Å². The van der Waals surface area contributed by atoms with E-state index in [1.54, 1.807) is 0 Å². The highest BCUT2D eigenvalue weighted by molar-refractivity contribution is 8.00.